The first-order chi connectivity index (χ1) is 8.06. The predicted molar refractivity (Wildman–Crippen MR) is 68.9 cm³/mol. The first-order valence-corrected chi connectivity index (χ1v) is 6.54. The number of carbonyl (C=O) groups is 1. The lowest BCUT2D eigenvalue weighted by atomic mass is 10.0. The molecular weight excluding hydrogens is 216 g/mol. The van der Waals surface area contributed by atoms with Gasteiger partial charge < -0.3 is 14.5 Å². The van der Waals surface area contributed by atoms with Gasteiger partial charge in [0.15, 0.2) is 0 Å². The first-order valence-electron chi connectivity index (χ1n) is 6.54. The molecule has 1 aliphatic rings. The highest BCUT2D eigenvalue weighted by Gasteiger charge is 2.27. The van der Waals surface area contributed by atoms with Crippen LogP contribution >= 0.6 is 0 Å². The number of amides is 1. The Hall–Kier alpha value is -0.610. The Morgan fingerprint density at radius 2 is 2.00 bits per heavy atom. The molecule has 1 heterocycles. The third-order valence-electron chi connectivity index (χ3n) is 3.44. The minimum atomic E-state index is 0.0755. The normalized spacial score (nSPS) is 18.6. The number of hydrogen-bond acceptors (Lipinski definition) is 3. The molecule has 1 rings (SSSR count). The third kappa shape index (κ3) is 4.28. The van der Waals surface area contributed by atoms with E-state index in [4.69, 9.17) is 4.74 Å². The van der Waals surface area contributed by atoms with Crippen molar-refractivity contribution >= 4 is 5.91 Å². The lowest BCUT2D eigenvalue weighted by Crippen LogP contribution is -2.49. The summed E-state index contributed by atoms with van der Waals surface area (Å²) in [5.41, 5.74) is 0. The Labute approximate surface area is 105 Å². The van der Waals surface area contributed by atoms with Crippen molar-refractivity contribution in [3.8, 4) is 0 Å². The maximum Gasteiger partial charge on any atom is 0.225 e. The largest absolute Gasteiger partial charge is 0.383 e. The van der Waals surface area contributed by atoms with E-state index in [0.717, 1.165) is 32.5 Å². The van der Waals surface area contributed by atoms with Crippen molar-refractivity contribution in [3.63, 3.8) is 0 Å². The van der Waals surface area contributed by atoms with E-state index in [9.17, 15) is 4.79 Å². The highest BCUT2D eigenvalue weighted by Crippen LogP contribution is 2.17. The predicted octanol–water partition coefficient (Wildman–Crippen LogP) is 1.21. The van der Waals surface area contributed by atoms with Crippen LogP contribution in [0.4, 0.5) is 0 Å². The van der Waals surface area contributed by atoms with Gasteiger partial charge in [0.05, 0.1) is 6.61 Å². The molecule has 0 radical (unpaired) electrons. The molecule has 17 heavy (non-hydrogen) atoms. The smallest absolute Gasteiger partial charge is 0.225 e. The molecule has 0 spiro atoms. The van der Waals surface area contributed by atoms with E-state index in [1.807, 2.05) is 18.7 Å². The zero-order valence-corrected chi connectivity index (χ0v) is 11.6. The van der Waals surface area contributed by atoms with Crippen LogP contribution in [0.1, 0.15) is 26.7 Å². The molecule has 0 aliphatic carbocycles. The van der Waals surface area contributed by atoms with Crippen molar-refractivity contribution in [2.45, 2.75) is 32.7 Å². The minimum Gasteiger partial charge on any atom is -0.383 e. The second-order valence-corrected chi connectivity index (χ2v) is 5.21. The summed E-state index contributed by atoms with van der Waals surface area (Å²) < 4.78 is 5.11. The second-order valence-electron chi connectivity index (χ2n) is 5.21. The van der Waals surface area contributed by atoms with Crippen molar-refractivity contribution in [2.24, 2.45) is 5.92 Å². The first kappa shape index (κ1) is 14.5. The van der Waals surface area contributed by atoms with Gasteiger partial charge in [0, 0.05) is 25.6 Å². The number of piperidine rings is 1. The molecule has 0 atom stereocenters. The quantitative estimate of drug-likeness (QED) is 0.726. The van der Waals surface area contributed by atoms with Gasteiger partial charge >= 0.3 is 0 Å². The number of hydrogen-bond donors (Lipinski definition) is 0. The molecule has 0 saturated carbocycles. The fourth-order valence-electron chi connectivity index (χ4n) is 2.30. The fourth-order valence-corrected chi connectivity index (χ4v) is 2.30. The fraction of sp³-hybridized carbons (Fsp3) is 0.923. The Kier molecular flexibility index (Phi) is 5.92. The van der Waals surface area contributed by atoms with E-state index in [0.29, 0.717) is 12.6 Å². The molecular formula is C13H26N2O2. The Morgan fingerprint density at radius 3 is 2.47 bits per heavy atom. The molecule has 100 valence electrons. The van der Waals surface area contributed by atoms with Gasteiger partial charge in [-0.2, -0.15) is 0 Å². The Bertz CT molecular complexity index is 236. The molecule has 0 aromatic carbocycles. The number of methoxy groups -OCH3 is 1. The molecule has 1 fully saturated rings. The summed E-state index contributed by atoms with van der Waals surface area (Å²) in [5.74, 6) is 0.336. The van der Waals surface area contributed by atoms with Crippen LogP contribution in [-0.4, -0.2) is 62.1 Å². The van der Waals surface area contributed by atoms with E-state index < -0.39 is 0 Å². The van der Waals surface area contributed by atoms with Crippen LogP contribution in [0.5, 0.6) is 0 Å². The molecule has 4 heteroatoms. The van der Waals surface area contributed by atoms with E-state index in [1.165, 1.54) is 0 Å². The van der Waals surface area contributed by atoms with Gasteiger partial charge in [-0.05, 0) is 33.0 Å². The molecule has 0 aromatic heterocycles. The van der Waals surface area contributed by atoms with Gasteiger partial charge in [0.1, 0.15) is 0 Å². The van der Waals surface area contributed by atoms with E-state index in [2.05, 4.69) is 11.9 Å². The van der Waals surface area contributed by atoms with Gasteiger partial charge in [-0.15, -0.1) is 0 Å². The number of nitrogens with zero attached hydrogens (tertiary/aromatic N) is 2. The summed E-state index contributed by atoms with van der Waals surface area (Å²) in [4.78, 5) is 16.5. The molecule has 1 aliphatic heterocycles. The minimum absolute atomic E-state index is 0.0755. The van der Waals surface area contributed by atoms with Crippen LogP contribution < -0.4 is 0 Å². The third-order valence-corrected chi connectivity index (χ3v) is 3.44. The molecule has 1 amide bonds. The highest BCUT2D eigenvalue weighted by molar-refractivity contribution is 5.78. The van der Waals surface area contributed by atoms with Crippen LogP contribution in [0.15, 0.2) is 0 Å². The van der Waals surface area contributed by atoms with Crippen LogP contribution in [0.25, 0.3) is 0 Å². The van der Waals surface area contributed by atoms with Gasteiger partial charge in [0.25, 0.3) is 0 Å². The monoisotopic (exact) mass is 242 g/mol. The maximum atomic E-state index is 12.2. The number of rotatable bonds is 5. The van der Waals surface area contributed by atoms with E-state index in [1.54, 1.807) is 7.11 Å². The molecule has 0 unspecified atom stereocenters. The average Bonchev–Trinajstić information content (AvgIpc) is 2.31. The SMILES string of the molecule is COCCN(C(=O)C(C)C)C1CCN(C)CC1. The topological polar surface area (TPSA) is 32.8 Å². The second kappa shape index (κ2) is 6.97. The number of likely N-dealkylation sites (tertiary alicyclic amines) is 1. The van der Waals surface area contributed by atoms with Crippen LogP contribution in [0.2, 0.25) is 0 Å². The van der Waals surface area contributed by atoms with Gasteiger partial charge in [-0.3, -0.25) is 4.79 Å². The molecule has 0 aromatic rings. The number of ether oxygens (including phenoxy) is 1. The van der Waals surface area contributed by atoms with Crippen molar-refractivity contribution in [3.05, 3.63) is 0 Å². The summed E-state index contributed by atoms with van der Waals surface area (Å²) in [6.07, 6.45) is 2.16. The Morgan fingerprint density at radius 1 is 1.41 bits per heavy atom. The van der Waals surface area contributed by atoms with Gasteiger partial charge in [-0.25, -0.2) is 0 Å². The van der Waals surface area contributed by atoms with Crippen LogP contribution in [0, 0.1) is 5.92 Å². The van der Waals surface area contributed by atoms with Crippen molar-refractivity contribution in [2.75, 3.05) is 40.4 Å². The van der Waals surface area contributed by atoms with Gasteiger partial charge in [0.2, 0.25) is 5.91 Å². The zero-order valence-electron chi connectivity index (χ0n) is 11.6. The van der Waals surface area contributed by atoms with E-state index in [-0.39, 0.29) is 11.8 Å². The van der Waals surface area contributed by atoms with Crippen molar-refractivity contribution in [1.82, 2.24) is 9.80 Å². The molecule has 1 saturated heterocycles. The molecule has 0 N–H and O–H groups in total. The van der Waals surface area contributed by atoms with Crippen LogP contribution in [0.3, 0.4) is 0 Å². The summed E-state index contributed by atoms with van der Waals surface area (Å²) in [6, 6.07) is 0.399. The lowest BCUT2D eigenvalue weighted by molar-refractivity contribution is -0.138. The van der Waals surface area contributed by atoms with Gasteiger partial charge in [-0.1, -0.05) is 13.8 Å². The molecule has 4 nitrogen and oxygen atoms in total. The van der Waals surface area contributed by atoms with E-state index >= 15 is 0 Å². The van der Waals surface area contributed by atoms with Crippen molar-refractivity contribution < 1.29 is 9.53 Å². The zero-order chi connectivity index (χ0) is 12.8. The standard InChI is InChI=1S/C13H26N2O2/c1-11(2)13(16)15(9-10-17-4)12-5-7-14(3)8-6-12/h11-12H,5-10H2,1-4H3. The Balaban J connectivity index is 2.58. The summed E-state index contributed by atoms with van der Waals surface area (Å²) >= 11 is 0. The maximum absolute atomic E-state index is 12.2. The van der Waals surface area contributed by atoms with Crippen LogP contribution in [-0.2, 0) is 9.53 Å². The average molecular weight is 242 g/mol. The molecule has 0 bridgehead atoms. The highest BCUT2D eigenvalue weighted by atomic mass is 16.5. The summed E-state index contributed by atoms with van der Waals surface area (Å²) in [6.45, 7) is 7.46. The lowest BCUT2D eigenvalue weighted by Gasteiger charge is -2.38. The summed E-state index contributed by atoms with van der Waals surface area (Å²) in [5, 5.41) is 0. The summed E-state index contributed by atoms with van der Waals surface area (Å²) in [7, 11) is 3.83. The van der Waals surface area contributed by atoms with Crippen molar-refractivity contribution in [1.29, 1.82) is 0 Å². The number of carbonyl (C=O) groups excluding carboxylic acids is 1.